The van der Waals surface area contributed by atoms with Crippen molar-refractivity contribution in [3.05, 3.63) is 66.0 Å². The summed E-state index contributed by atoms with van der Waals surface area (Å²) in [7, 11) is 0. The Morgan fingerprint density at radius 1 is 1.27 bits per heavy atom. The molecular weight excluding hydrogens is 276 g/mol. The molecule has 4 nitrogen and oxygen atoms in total. The maximum Gasteiger partial charge on any atom is 0.284 e. The van der Waals surface area contributed by atoms with E-state index in [1.807, 2.05) is 68.5 Å². The highest BCUT2D eigenvalue weighted by Gasteiger charge is 2.37. The monoisotopic (exact) mass is 294 g/mol. The second-order valence-corrected chi connectivity index (χ2v) is 5.26. The summed E-state index contributed by atoms with van der Waals surface area (Å²) >= 11 is 0. The molecule has 1 unspecified atom stereocenters. The molecular formula is C18H18N2O2. The van der Waals surface area contributed by atoms with Crippen LogP contribution in [-0.4, -0.2) is 17.7 Å². The number of hydrazone groups is 1. The Labute approximate surface area is 130 Å². The number of benzene rings is 1. The number of para-hydroxylation sites is 1. The molecule has 2 aliphatic rings. The lowest BCUT2D eigenvalue weighted by Gasteiger charge is -2.22. The van der Waals surface area contributed by atoms with Crippen LogP contribution in [0.3, 0.4) is 0 Å². The van der Waals surface area contributed by atoms with Crippen LogP contribution in [0.2, 0.25) is 0 Å². The van der Waals surface area contributed by atoms with Crippen molar-refractivity contribution in [2.24, 2.45) is 5.10 Å². The Balaban J connectivity index is 2.01. The van der Waals surface area contributed by atoms with E-state index < -0.39 is 0 Å². The summed E-state index contributed by atoms with van der Waals surface area (Å²) in [5, 5.41) is 5.95. The van der Waals surface area contributed by atoms with Crippen molar-refractivity contribution in [1.82, 2.24) is 0 Å². The van der Waals surface area contributed by atoms with E-state index in [-0.39, 0.29) is 12.0 Å². The number of amides is 1. The first-order valence-corrected chi connectivity index (χ1v) is 7.38. The van der Waals surface area contributed by atoms with Crippen LogP contribution in [0.25, 0.3) is 0 Å². The van der Waals surface area contributed by atoms with E-state index in [1.54, 1.807) is 0 Å². The third-order valence-electron chi connectivity index (χ3n) is 3.52. The summed E-state index contributed by atoms with van der Waals surface area (Å²) < 4.78 is 5.83. The Hall–Kier alpha value is -2.62. The fourth-order valence-corrected chi connectivity index (χ4v) is 2.55. The number of fused-ring (bicyclic) bond motifs is 1. The number of rotatable bonds is 3. The van der Waals surface area contributed by atoms with Crippen LogP contribution in [0.4, 0.5) is 5.69 Å². The van der Waals surface area contributed by atoms with E-state index in [0.29, 0.717) is 17.8 Å². The predicted molar refractivity (Wildman–Crippen MR) is 87.5 cm³/mol. The minimum atomic E-state index is -0.131. The van der Waals surface area contributed by atoms with Gasteiger partial charge in [-0.25, -0.2) is 0 Å². The van der Waals surface area contributed by atoms with Gasteiger partial charge in [0.2, 0.25) is 0 Å². The van der Waals surface area contributed by atoms with Gasteiger partial charge in [-0.2, -0.15) is 10.1 Å². The lowest BCUT2D eigenvalue weighted by atomic mass is 10.0. The standard InChI is InChI=1S/C18H18N2O2/c1-3-4-6-11-16-17-15(12-13(2)22-16)19-20(18(17)21)14-9-7-5-8-10-14/h3-11,13H,12H2,1-2H3/b4-3+,11-6+. The quantitative estimate of drug-likeness (QED) is 0.800. The van der Waals surface area contributed by atoms with E-state index in [1.165, 1.54) is 5.01 Å². The Kier molecular flexibility index (Phi) is 3.92. The minimum absolute atomic E-state index is 0.0104. The van der Waals surface area contributed by atoms with E-state index >= 15 is 0 Å². The maximum atomic E-state index is 12.7. The van der Waals surface area contributed by atoms with Crippen LogP contribution < -0.4 is 5.01 Å². The van der Waals surface area contributed by atoms with Crippen molar-refractivity contribution in [3.63, 3.8) is 0 Å². The molecule has 1 aromatic rings. The van der Waals surface area contributed by atoms with E-state index in [9.17, 15) is 4.79 Å². The Morgan fingerprint density at radius 3 is 2.77 bits per heavy atom. The lowest BCUT2D eigenvalue weighted by Crippen LogP contribution is -2.26. The third-order valence-corrected chi connectivity index (χ3v) is 3.52. The highest BCUT2D eigenvalue weighted by molar-refractivity contribution is 6.31. The average molecular weight is 294 g/mol. The fourth-order valence-electron chi connectivity index (χ4n) is 2.55. The zero-order valence-corrected chi connectivity index (χ0v) is 12.7. The number of ether oxygens (including phenoxy) is 1. The third kappa shape index (κ3) is 2.60. The van der Waals surface area contributed by atoms with Gasteiger partial charge in [-0.1, -0.05) is 36.4 Å². The number of hydrogen-bond donors (Lipinski definition) is 0. The topological polar surface area (TPSA) is 41.9 Å². The summed E-state index contributed by atoms with van der Waals surface area (Å²) in [4.78, 5) is 12.7. The van der Waals surface area contributed by atoms with Gasteiger partial charge in [-0.15, -0.1) is 0 Å². The summed E-state index contributed by atoms with van der Waals surface area (Å²) in [6, 6.07) is 9.45. The zero-order chi connectivity index (χ0) is 15.5. The molecule has 2 heterocycles. The van der Waals surface area contributed by atoms with Gasteiger partial charge in [-0.05, 0) is 32.1 Å². The van der Waals surface area contributed by atoms with Crippen LogP contribution in [-0.2, 0) is 9.53 Å². The van der Waals surface area contributed by atoms with Crippen molar-refractivity contribution in [1.29, 1.82) is 0 Å². The summed E-state index contributed by atoms with van der Waals surface area (Å²) in [5.41, 5.74) is 2.14. The molecule has 4 heteroatoms. The zero-order valence-electron chi connectivity index (χ0n) is 12.7. The smallest absolute Gasteiger partial charge is 0.284 e. The molecule has 0 bridgehead atoms. The van der Waals surface area contributed by atoms with E-state index in [4.69, 9.17) is 4.74 Å². The van der Waals surface area contributed by atoms with Gasteiger partial charge >= 0.3 is 0 Å². The molecule has 0 aromatic heterocycles. The molecule has 1 atom stereocenters. The van der Waals surface area contributed by atoms with Crippen LogP contribution in [0, 0.1) is 0 Å². The normalized spacial score (nSPS) is 21.5. The van der Waals surface area contributed by atoms with Crippen molar-refractivity contribution in [3.8, 4) is 0 Å². The molecule has 3 rings (SSSR count). The van der Waals surface area contributed by atoms with Crippen molar-refractivity contribution in [2.45, 2.75) is 26.4 Å². The molecule has 0 spiro atoms. The van der Waals surface area contributed by atoms with Crippen molar-refractivity contribution in [2.75, 3.05) is 5.01 Å². The summed E-state index contributed by atoms with van der Waals surface area (Å²) in [6.07, 6.45) is 8.18. The lowest BCUT2D eigenvalue weighted by molar-refractivity contribution is -0.114. The van der Waals surface area contributed by atoms with Crippen molar-refractivity contribution >= 4 is 17.3 Å². The summed E-state index contributed by atoms with van der Waals surface area (Å²) in [5.74, 6) is 0.465. The number of allylic oxidation sites excluding steroid dienone is 4. The first-order valence-electron chi connectivity index (χ1n) is 7.38. The first-order chi connectivity index (χ1) is 10.7. The highest BCUT2D eigenvalue weighted by atomic mass is 16.5. The highest BCUT2D eigenvalue weighted by Crippen LogP contribution is 2.31. The van der Waals surface area contributed by atoms with Crippen LogP contribution in [0.1, 0.15) is 20.3 Å². The number of anilines is 1. The molecule has 0 saturated carbocycles. The average Bonchev–Trinajstić information content (AvgIpc) is 2.85. The second kappa shape index (κ2) is 6.02. The first kappa shape index (κ1) is 14.3. The SMILES string of the molecule is C/C=C/C=C/C1=C2C(=O)N(c3ccccc3)N=C2CC(C)O1. The number of carbonyl (C=O) groups excluding carboxylic acids is 1. The molecule has 2 aliphatic heterocycles. The molecule has 0 saturated heterocycles. The number of carbonyl (C=O) groups is 1. The molecule has 1 aromatic carbocycles. The van der Waals surface area contributed by atoms with Crippen LogP contribution in [0.5, 0.6) is 0 Å². The van der Waals surface area contributed by atoms with Gasteiger partial charge in [0.15, 0.2) is 0 Å². The number of nitrogens with zero attached hydrogens (tertiary/aromatic N) is 2. The largest absolute Gasteiger partial charge is 0.489 e. The van der Waals surface area contributed by atoms with E-state index in [2.05, 4.69) is 5.10 Å². The second-order valence-electron chi connectivity index (χ2n) is 5.26. The van der Waals surface area contributed by atoms with Gasteiger partial charge in [-0.3, -0.25) is 4.79 Å². The van der Waals surface area contributed by atoms with Gasteiger partial charge in [0.25, 0.3) is 5.91 Å². The van der Waals surface area contributed by atoms with Crippen LogP contribution >= 0.6 is 0 Å². The minimum Gasteiger partial charge on any atom is -0.489 e. The predicted octanol–water partition coefficient (Wildman–Crippen LogP) is 3.58. The molecule has 112 valence electrons. The molecule has 0 radical (unpaired) electrons. The van der Waals surface area contributed by atoms with Gasteiger partial charge < -0.3 is 4.74 Å². The molecule has 0 fully saturated rings. The van der Waals surface area contributed by atoms with Gasteiger partial charge in [0, 0.05) is 6.42 Å². The summed E-state index contributed by atoms with van der Waals surface area (Å²) in [6.45, 7) is 3.93. The molecule has 0 aliphatic carbocycles. The van der Waals surface area contributed by atoms with Gasteiger partial charge in [0.05, 0.1) is 11.4 Å². The van der Waals surface area contributed by atoms with Gasteiger partial charge in [0.1, 0.15) is 17.4 Å². The van der Waals surface area contributed by atoms with Crippen molar-refractivity contribution < 1.29 is 9.53 Å². The maximum absolute atomic E-state index is 12.7. The van der Waals surface area contributed by atoms with Crippen LogP contribution in [0.15, 0.2) is 71.1 Å². The molecule has 0 N–H and O–H groups in total. The Morgan fingerprint density at radius 2 is 2.05 bits per heavy atom. The van der Waals surface area contributed by atoms with E-state index in [0.717, 1.165) is 11.4 Å². The number of hydrogen-bond acceptors (Lipinski definition) is 3. The fraction of sp³-hybridized carbons (Fsp3) is 0.222. The molecule has 1 amide bonds. The molecule has 22 heavy (non-hydrogen) atoms. The Bertz CT molecular complexity index is 699.